The fraction of sp³-hybridized carbons (Fsp3) is 0.697. The van der Waals surface area contributed by atoms with Crippen LogP contribution in [0.2, 0.25) is 16.6 Å². The Balaban J connectivity index is 2.15. The maximum absolute atomic E-state index is 15.4. The summed E-state index contributed by atoms with van der Waals surface area (Å²) in [6, 6.07) is 10.1. The molecule has 2 aromatic rings. The van der Waals surface area contributed by atoms with Gasteiger partial charge in [0.25, 0.3) is 0 Å². The van der Waals surface area contributed by atoms with Gasteiger partial charge in [-0.15, -0.1) is 0 Å². The molecule has 5 amide bonds. The minimum absolute atomic E-state index is 0.0152. The Bertz CT molecular complexity index is 2500. The van der Waals surface area contributed by atoms with Crippen molar-refractivity contribution >= 4 is 56.5 Å². The zero-order chi connectivity index (χ0) is 66.4. The number of carbonyl (C=O) groups excluding carboxylic acids is 8. The van der Waals surface area contributed by atoms with Gasteiger partial charge in [-0.2, -0.15) is 0 Å². The number of esters is 2. The first-order valence-electron chi connectivity index (χ1n) is 31.4. The van der Waals surface area contributed by atoms with E-state index in [4.69, 9.17) is 37.6 Å². The number of benzene rings is 2. The lowest BCUT2D eigenvalue weighted by atomic mass is 9.91. The van der Waals surface area contributed by atoms with Crippen LogP contribution < -0.4 is 20.7 Å². The molecule has 1 aliphatic rings. The number of aldehydes is 1. The smallest absolute Gasteiger partial charge is 0.408 e. The van der Waals surface area contributed by atoms with Crippen molar-refractivity contribution in [3.05, 3.63) is 65.7 Å². The van der Waals surface area contributed by atoms with Crippen LogP contribution >= 0.6 is 0 Å². The van der Waals surface area contributed by atoms with Crippen LogP contribution in [0, 0.1) is 23.7 Å². The first-order chi connectivity index (χ1) is 41.3. The molecule has 3 N–H and O–H groups in total. The quantitative estimate of drug-likeness (QED) is 0.0191. The third-order valence-corrected chi connectivity index (χ3v) is 22.6. The van der Waals surface area contributed by atoms with Crippen molar-refractivity contribution in [2.45, 2.75) is 240 Å². The zero-order valence-corrected chi connectivity index (χ0v) is 57.3. The van der Waals surface area contributed by atoms with Gasteiger partial charge in [-0.25, -0.2) is 14.4 Å². The Labute approximate surface area is 525 Å². The average Bonchev–Trinajstić information content (AvgIpc) is 1.52. The van der Waals surface area contributed by atoms with Crippen LogP contribution in [-0.4, -0.2) is 161 Å². The maximum atomic E-state index is 15.4. The van der Waals surface area contributed by atoms with E-state index < -0.39 is 116 Å². The van der Waals surface area contributed by atoms with Crippen molar-refractivity contribution in [1.29, 1.82) is 0 Å². The van der Waals surface area contributed by atoms with E-state index in [1.54, 1.807) is 52.0 Å². The zero-order valence-electron chi connectivity index (χ0n) is 56.3. The van der Waals surface area contributed by atoms with Crippen LogP contribution in [0.4, 0.5) is 9.59 Å². The number of carbonyl (C=O) groups is 8. The second kappa shape index (κ2) is 35.9. The molecule has 22 heteroatoms. The molecule has 1 heterocycles. The third kappa shape index (κ3) is 22.4. The first-order valence-corrected chi connectivity index (χ1v) is 33.5. The van der Waals surface area contributed by atoms with Crippen molar-refractivity contribution < 1.29 is 75.9 Å². The summed E-state index contributed by atoms with van der Waals surface area (Å²) < 4.78 is 47.8. The minimum Gasteiger partial charge on any atom is -0.497 e. The number of rotatable bonds is 35. The van der Waals surface area contributed by atoms with Crippen molar-refractivity contribution in [3.8, 4) is 5.75 Å². The van der Waals surface area contributed by atoms with Gasteiger partial charge in [-0.3, -0.25) is 19.2 Å². The minimum atomic E-state index is -2.89. The molecule has 496 valence electrons. The van der Waals surface area contributed by atoms with Crippen LogP contribution in [0.3, 0.4) is 0 Å². The predicted molar refractivity (Wildman–Crippen MR) is 338 cm³/mol. The number of amides is 5. The van der Waals surface area contributed by atoms with Gasteiger partial charge in [0.2, 0.25) is 26.0 Å². The molecule has 88 heavy (non-hydrogen) atoms. The summed E-state index contributed by atoms with van der Waals surface area (Å²) in [4.78, 5) is 117. The SMILES string of the molecule is CC[C@H](C)[C@@H](NC(=O)[C@@H](NC(=O)OC(C)(C)C)[C@@H](C)OC(=O)[C@H](Cc1ccc(OC)cc1)N(C)C(=O)[C@@H]1CCCN1C(=O)[C@H](CC(C)C)NC(=O)OCc1ccccc1)[C@H](CC(=O)O[C@@H](C(C)C)[C@@H](OCOC)[C@@H](C)C=O)O[Si](C(C)C)(C(C)C)C(C)C. The van der Waals surface area contributed by atoms with Gasteiger partial charge in [0.05, 0.1) is 25.7 Å². The number of alkyl carbamates (subject to hydrolysis) is 2. The Hall–Kier alpha value is -6.10. The molecule has 0 radical (unpaired) electrons. The number of likely N-dealkylation sites (tertiary alicyclic amines) is 1. The number of nitrogens with zero attached hydrogens (tertiary/aromatic N) is 2. The van der Waals surface area contributed by atoms with Gasteiger partial charge in [-0.1, -0.05) is 139 Å². The normalized spacial score (nSPS) is 17.2. The Kier molecular flexibility index (Phi) is 31.1. The van der Waals surface area contributed by atoms with Crippen LogP contribution in [0.1, 0.15) is 161 Å². The number of hydrogen-bond acceptors (Lipinski definition) is 16. The molecule has 3 rings (SSSR count). The second-order valence-electron chi connectivity index (χ2n) is 26.2. The molecule has 2 aromatic carbocycles. The Morgan fingerprint density at radius 3 is 1.91 bits per heavy atom. The first kappa shape index (κ1) is 76.1. The van der Waals surface area contributed by atoms with Gasteiger partial charge in [0.15, 0.2) is 0 Å². The molecule has 11 atom stereocenters. The molecule has 1 aliphatic heterocycles. The molecule has 0 spiro atoms. The molecule has 0 unspecified atom stereocenters. The molecule has 0 saturated carbocycles. The summed E-state index contributed by atoms with van der Waals surface area (Å²) in [6.07, 6.45) is -4.13. The molecule has 0 aliphatic carbocycles. The van der Waals surface area contributed by atoms with E-state index in [-0.39, 0.29) is 80.0 Å². The number of methoxy groups -OCH3 is 2. The average molecular weight is 1250 g/mol. The van der Waals surface area contributed by atoms with Crippen LogP contribution in [0.5, 0.6) is 5.75 Å². The molecule has 1 saturated heterocycles. The summed E-state index contributed by atoms with van der Waals surface area (Å²) in [5.74, 6) is -4.24. The van der Waals surface area contributed by atoms with E-state index in [0.29, 0.717) is 24.2 Å². The lowest BCUT2D eigenvalue weighted by Crippen LogP contribution is -2.62. The van der Waals surface area contributed by atoms with Gasteiger partial charge < -0.3 is 68.1 Å². The monoisotopic (exact) mass is 1250 g/mol. The maximum Gasteiger partial charge on any atom is 0.408 e. The standard InChI is InChI=1S/C66H107N5O16Si/c1-21-45(12)56(54(87-88(42(6)7,43(8)9)44(10)11)36-55(73)85-58(41(4)5)59(46(13)37-72)83-39-80-19)68-60(74)57(69-65(79)86-66(15,16)17)47(14)84-63(77)53(35-48-29-31-50(81-20)32-30-48)70(18)62(76)52-28-25-33-71(52)61(75)51(34-40(2)3)67-64(78)82-38-49-26-23-22-24-27-49/h22-24,26-27,29-32,37,40-47,51-54,56-59H,21,25,28,33-36,38-39H2,1-20H3,(H,67,78)(H,68,74)(H,69,79)/t45-,46-,47+,51-,52-,53-,54-,56+,57-,58-,59-/m0/s1. The van der Waals surface area contributed by atoms with Crippen molar-refractivity contribution in [1.82, 2.24) is 25.8 Å². The number of nitrogens with one attached hydrogen (secondary N) is 3. The fourth-order valence-electron chi connectivity index (χ4n) is 11.7. The number of hydrogen-bond donors (Lipinski definition) is 3. The highest BCUT2D eigenvalue weighted by atomic mass is 28.4. The van der Waals surface area contributed by atoms with E-state index in [0.717, 1.165) is 11.8 Å². The van der Waals surface area contributed by atoms with Crippen molar-refractivity contribution in [2.24, 2.45) is 23.7 Å². The largest absolute Gasteiger partial charge is 0.497 e. The molecule has 0 aromatic heterocycles. The highest BCUT2D eigenvalue weighted by Crippen LogP contribution is 2.44. The van der Waals surface area contributed by atoms with E-state index in [9.17, 15) is 24.0 Å². The van der Waals surface area contributed by atoms with E-state index in [1.165, 1.54) is 38.0 Å². The fourth-order valence-corrected chi connectivity index (χ4v) is 17.3. The number of likely N-dealkylation sites (N-methyl/N-ethyl adjacent to an activating group) is 1. The van der Waals surface area contributed by atoms with Gasteiger partial charge in [0.1, 0.15) is 73.5 Å². The summed E-state index contributed by atoms with van der Waals surface area (Å²) in [5.41, 5.74) is 0.476. The van der Waals surface area contributed by atoms with Crippen LogP contribution in [-0.2, 0) is 74.6 Å². The topological polar surface area (TPSA) is 253 Å². The highest BCUT2D eigenvalue weighted by molar-refractivity contribution is 6.77. The Morgan fingerprint density at radius 2 is 1.39 bits per heavy atom. The van der Waals surface area contributed by atoms with Crippen molar-refractivity contribution in [3.63, 3.8) is 0 Å². The molecule has 0 bridgehead atoms. The summed E-state index contributed by atoms with van der Waals surface area (Å²) in [5, 5.41) is 8.58. The summed E-state index contributed by atoms with van der Waals surface area (Å²) >= 11 is 0. The van der Waals surface area contributed by atoms with Crippen LogP contribution in [0.15, 0.2) is 54.6 Å². The molecular weight excluding hydrogens is 1150 g/mol. The molecule has 21 nitrogen and oxygen atoms in total. The lowest BCUT2D eigenvalue weighted by Gasteiger charge is -2.47. The summed E-state index contributed by atoms with van der Waals surface area (Å²) in [7, 11) is 1.53. The second-order valence-corrected chi connectivity index (χ2v) is 31.6. The van der Waals surface area contributed by atoms with E-state index >= 15 is 14.4 Å². The predicted octanol–water partition coefficient (Wildman–Crippen LogP) is 10.1. The summed E-state index contributed by atoms with van der Waals surface area (Å²) in [6.45, 7) is 32.2. The van der Waals surface area contributed by atoms with E-state index in [1.807, 2.05) is 71.9 Å². The molecule has 1 fully saturated rings. The lowest BCUT2D eigenvalue weighted by molar-refractivity contribution is -0.179. The number of ether oxygens (including phenoxy) is 7. The van der Waals surface area contributed by atoms with Crippen molar-refractivity contribution in [2.75, 3.05) is 34.6 Å². The van der Waals surface area contributed by atoms with Gasteiger partial charge in [-0.05, 0) is 105 Å². The van der Waals surface area contributed by atoms with Gasteiger partial charge >= 0.3 is 24.1 Å². The Morgan fingerprint density at radius 1 is 0.773 bits per heavy atom. The van der Waals surface area contributed by atoms with E-state index in [2.05, 4.69) is 57.5 Å². The van der Waals surface area contributed by atoms with Gasteiger partial charge in [0, 0.05) is 33.0 Å². The van der Waals surface area contributed by atoms with Crippen LogP contribution in [0.25, 0.3) is 0 Å². The highest BCUT2D eigenvalue weighted by Gasteiger charge is 2.50. The molecular formula is C66H107N5O16Si. The third-order valence-electron chi connectivity index (χ3n) is 16.5.